The Hall–Kier alpha value is -1.77. The predicted molar refractivity (Wildman–Crippen MR) is 44.7 cm³/mol. The van der Waals surface area contributed by atoms with E-state index in [2.05, 4.69) is 19.6 Å². The van der Waals surface area contributed by atoms with E-state index in [1.54, 1.807) is 0 Å². The third-order valence-corrected chi connectivity index (χ3v) is 2.62. The van der Waals surface area contributed by atoms with E-state index in [4.69, 9.17) is 0 Å². The molecule has 8 nitrogen and oxygen atoms in total. The fourth-order valence-electron chi connectivity index (χ4n) is 1.02. The largest absolute Gasteiger partial charge is 0.425 e. The van der Waals surface area contributed by atoms with Gasteiger partial charge in [0.05, 0.1) is 4.92 Å². The van der Waals surface area contributed by atoms with E-state index in [-0.39, 0.29) is 5.82 Å². The number of aromatic amines is 1. The molecular formula is C5H3N5O3S. The first-order valence-corrected chi connectivity index (χ1v) is 4.23. The molecule has 0 radical (unpaired) electrons. The number of hydrogen-bond acceptors (Lipinski definition) is 6. The molecule has 0 aliphatic carbocycles. The van der Waals surface area contributed by atoms with Crippen LogP contribution in [0.1, 0.15) is 5.82 Å². The maximum absolute atomic E-state index is 11.3. The number of nitrogens with one attached hydrogen (secondary N) is 1. The highest BCUT2D eigenvalue weighted by Gasteiger charge is 2.60. The molecule has 2 rings (SSSR count). The number of carbonyl (C=O) groups is 1. The Labute approximate surface area is 81.1 Å². The monoisotopic (exact) mass is 213 g/mol. The van der Waals surface area contributed by atoms with Crippen molar-refractivity contribution in [3.05, 3.63) is 28.3 Å². The van der Waals surface area contributed by atoms with Crippen molar-refractivity contribution in [3.8, 4) is 0 Å². The zero-order valence-corrected chi connectivity index (χ0v) is 7.39. The summed E-state index contributed by atoms with van der Waals surface area (Å²) in [6.07, 6.45) is 2.72. The van der Waals surface area contributed by atoms with E-state index in [0.29, 0.717) is 11.9 Å². The molecule has 0 spiro atoms. The molecule has 1 unspecified atom stereocenters. The summed E-state index contributed by atoms with van der Waals surface area (Å²) >= 11 is 0.480. The van der Waals surface area contributed by atoms with Crippen LogP contribution in [-0.4, -0.2) is 20.8 Å². The molecule has 1 aliphatic rings. The highest BCUT2D eigenvalue weighted by molar-refractivity contribution is 7.99. The van der Waals surface area contributed by atoms with Gasteiger partial charge in [-0.3, -0.25) is 14.9 Å². The lowest BCUT2D eigenvalue weighted by atomic mass is 10.2. The van der Waals surface area contributed by atoms with Crippen LogP contribution in [0.2, 0.25) is 0 Å². The van der Waals surface area contributed by atoms with Gasteiger partial charge in [0, 0.05) is 12.4 Å². The molecule has 1 aliphatic heterocycles. The van der Waals surface area contributed by atoms with Crippen molar-refractivity contribution >= 4 is 17.9 Å². The summed E-state index contributed by atoms with van der Waals surface area (Å²) in [5.41, 5.74) is 0. The van der Waals surface area contributed by atoms with Crippen molar-refractivity contribution in [1.82, 2.24) is 9.97 Å². The van der Waals surface area contributed by atoms with Gasteiger partial charge in [-0.2, -0.15) is 0 Å². The summed E-state index contributed by atoms with van der Waals surface area (Å²) in [4.78, 5) is 25.5. The fourth-order valence-corrected chi connectivity index (χ4v) is 1.63. The SMILES string of the molecule is O=C1N=NSC1(c1ncc[nH]1)[N+](=O)[O-]. The lowest BCUT2D eigenvalue weighted by molar-refractivity contribution is -0.530. The van der Waals surface area contributed by atoms with Crippen LogP contribution in [0.4, 0.5) is 0 Å². The van der Waals surface area contributed by atoms with E-state index in [0.717, 1.165) is 0 Å². The summed E-state index contributed by atoms with van der Waals surface area (Å²) in [7, 11) is 0. The maximum Gasteiger partial charge on any atom is 0.425 e. The van der Waals surface area contributed by atoms with Gasteiger partial charge in [0.25, 0.3) is 0 Å². The zero-order valence-electron chi connectivity index (χ0n) is 6.58. The number of imidazole rings is 1. The topological polar surface area (TPSA) is 114 Å². The van der Waals surface area contributed by atoms with Gasteiger partial charge in [-0.1, -0.05) is 5.11 Å². The Balaban J connectivity index is 2.54. The van der Waals surface area contributed by atoms with E-state index < -0.39 is 15.7 Å². The first kappa shape index (κ1) is 8.81. The summed E-state index contributed by atoms with van der Waals surface area (Å²) in [6.45, 7) is 0. The number of H-pyrrole nitrogens is 1. The molecule has 9 heteroatoms. The highest BCUT2D eigenvalue weighted by atomic mass is 32.2. The molecule has 0 saturated carbocycles. The number of carbonyl (C=O) groups excluding carboxylic acids is 1. The number of amides is 1. The zero-order chi connectivity index (χ0) is 10.2. The first-order valence-electron chi connectivity index (χ1n) is 3.46. The second-order valence-corrected chi connectivity index (χ2v) is 3.35. The van der Waals surface area contributed by atoms with Crippen LogP contribution in [0.3, 0.4) is 0 Å². The van der Waals surface area contributed by atoms with Crippen LogP contribution in [-0.2, 0) is 9.67 Å². The molecule has 1 N–H and O–H groups in total. The number of hydrogen-bond donors (Lipinski definition) is 1. The van der Waals surface area contributed by atoms with Crippen LogP contribution in [0.15, 0.2) is 22.0 Å². The molecule has 2 heterocycles. The number of nitro groups is 1. The van der Waals surface area contributed by atoms with E-state index >= 15 is 0 Å². The molecule has 1 atom stereocenters. The van der Waals surface area contributed by atoms with Crippen molar-refractivity contribution in [1.29, 1.82) is 0 Å². The Morgan fingerprint density at radius 1 is 1.64 bits per heavy atom. The molecule has 1 aromatic heterocycles. The summed E-state index contributed by atoms with van der Waals surface area (Å²) in [5.74, 6) is -0.995. The summed E-state index contributed by atoms with van der Waals surface area (Å²) < 4.78 is 3.29. The van der Waals surface area contributed by atoms with Gasteiger partial charge >= 0.3 is 10.8 Å². The Morgan fingerprint density at radius 3 is 2.86 bits per heavy atom. The molecule has 0 saturated heterocycles. The van der Waals surface area contributed by atoms with Crippen LogP contribution in [0.5, 0.6) is 0 Å². The summed E-state index contributed by atoms with van der Waals surface area (Å²) in [5, 5.41) is 13.9. The van der Waals surface area contributed by atoms with Gasteiger partial charge in [-0.25, -0.2) is 4.98 Å². The van der Waals surface area contributed by atoms with Crippen LogP contribution < -0.4 is 0 Å². The number of aromatic nitrogens is 2. The molecule has 0 aromatic carbocycles. The van der Waals surface area contributed by atoms with Crippen LogP contribution >= 0.6 is 11.9 Å². The Kier molecular flexibility index (Phi) is 1.81. The van der Waals surface area contributed by atoms with E-state index in [9.17, 15) is 14.9 Å². The smallest absolute Gasteiger partial charge is 0.341 e. The Morgan fingerprint density at radius 2 is 2.43 bits per heavy atom. The fraction of sp³-hybridized carbons (Fsp3) is 0.200. The van der Waals surface area contributed by atoms with Crippen LogP contribution in [0, 0.1) is 10.1 Å². The van der Waals surface area contributed by atoms with E-state index in [1.807, 2.05) is 0 Å². The minimum absolute atomic E-state index is 0.0671. The lowest BCUT2D eigenvalue weighted by Crippen LogP contribution is -2.38. The molecule has 72 valence electrons. The van der Waals surface area contributed by atoms with Gasteiger partial charge < -0.3 is 4.98 Å². The van der Waals surface area contributed by atoms with E-state index in [1.165, 1.54) is 12.4 Å². The molecule has 14 heavy (non-hydrogen) atoms. The normalized spacial score (nSPS) is 25.6. The molecule has 1 amide bonds. The van der Waals surface area contributed by atoms with Gasteiger partial charge in [-0.15, -0.1) is 4.52 Å². The number of nitrogens with zero attached hydrogens (tertiary/aromatic N) is 4. The third kappa shape index (κ3) is 0.954. The molecular weight excluding hydrogens is 210 g/mol. The highest BCUT2D eigenvalue weighted by Crippen LogP contribution is 2.41. The van der Waals surface area contributed by atoms with Crippen molar-refractivity contribution in [2.45, 2.75) is 4.87 Å². The standard InChI is InChI=1S/C5H3N5O3S/c11-4-5(10(12)13,14-9-8-4)3-6-1-2-7-3/h1-2H,(H,6,7). The third-order valence-electron chi connectivity index (χ3n) is 1.67. The van der Waals surface area contributed by atoms with Gasteiger partial charge in [0.15, 0.2) is 0 Å². The van der Waals surface area contributed by atoms with Gasteiger partial charge in [0.2, 0.25) is 5.82 Å². The minimum Gasteiger partial charge on any atom is -0.341 e. The second-order valence-electron chi connectivity index (χ2n) is 2.42. The average Bonchev–Trinajstić information content (AvgIpc) is 2.72. The maximum atomic E-state index is 11.3. The quantitative estimate of drug-likeness (QED) is 0.436. The molecule has 1 aromatic rings. The molecule has 0 bridgehead atoms. The molecule has 0 fully saturated rings. The van der Waals surface area contributed by atoms with Crippen molar-refractivity contribution < 1.29 is 9.72 Å². The number of rotatable bonds is 2. The summed E-state index contributed by atoms with van der Waals surface area (Å²) in [6, 6.07) is 0. The Bertz CT molecular complexity index is 415. The second kappa shape index (κ2) is 2.87. The minimum atomic E-state index is -2.02. The van der Waals surface area contributed by atoms with Crippen molar-refractivity contribution in [2.75, 3.05) is 0 Å². The first-order chi connectivity index (χ1) is 6.68. The van der Waals surface area contributed by atoms with Crippen molar-refractivity contribution in [2.24, 2.45) is 9.63 Å². The van der Waals surface area contributed by atoms with Gasteiger partial charge in [0.1, 0.15) is 11.9 Å². The average molecular weight is 213 g/mol. The lowest BCUT2D eigenvalue weighted by Gasteiger charge is -2.10. The van der Waals surface area contributed by atoms with Gasteiger partial charge in [-0.05, 0) is 0 Å². The van der Waals surface area contributed by atoms with Crippen LogP contribution in [0.25, 0.3) is 0 Å². The predicted octanol–water partition coefficient (Wildman–Crippen LogP) is 0.480. The van der Waals surface area contributed by atoms with Crippen molar-refractivity contribution in [3.63, 3.8) is 0 Å².